The number of carbonyl (C=O) groups is 1. The standard InChI is InChI=1S/C12H15N3O/c13-11(12(14)3-4-12)7-1-2-9-8(5-7)6-10(16)15-9/h1-2,5,11H,3-4,6,13-14H2,(H,15,16). The van der Waals surface area contributed by atoms with E-state index >= 15 is 0 Å². The molecule has 3 rings (SSSR count). The molecule has 1 fully saturated rings. The van der Waals surface area contributed by atoms with Gasteiger partial charge in [-0.15, -0.1) is 0 Å². The molecule has 1 saturated carbocycles. The Morgan fingerprint density at radius 2 is 2.12 bits per heavy atom. The van der Waals surface area contributed by atoms with Gasteiger partial charge in [0, 0.05) is 17.3 Å². The molecule has 0 radical (unpaired) electrons. The molecule has 1 amide bonds. The van der Waals surface area contributed by atoms with Crippen molar-refractivity contribution >= 4 is 11.6 Å². The first kappa shape index (κ1) is 9.81. The van der Waals surface area contributed by atoms with E-state index in [1.807, 2.05) is 18.2 Å². The molecule has 1 heterocycles. The number of benzene rings is 1. The maximum Gasteiger partial charge on any atom is 0.228 e. The maximum absolute atomic E-state index is 11.2. The van der Waals surface area contributed by atoms with Crippen LogP contribution >= 0.6 is 0 Å². The van der Waals surface area contributed by atoms with Gasteiger partial charge in [0.15, 0.2) is 0 Å². The zero-order valence-corrected chi connectivity index (χ0v) is 8.99. The second kappa shape index (κ2) is 3.06. The molecule has 0 spiro atoms. The number of hydrogen-bond donors (Lipinski definition) is 3. The van der Waals surface area contributed by atoms with Crippen molar-refractivity contribution in [1.82, 2.24) is 0 Å². The summed E-state index contributed by atoms with van der Waals surface area (Å²) in [4.78, 5) is 11.2. The number of anilines is 1. The second-order valence-electron chi connectivity index (χ2n) is 4.85. The lowest BCUT2D eigenvalue weighted by Gasteiger charge is -2.19. The fourth-order valence-corrected chi connectivity index (χ4v) is 2.23. The summed E-state index contributed by atoms with van der Waals surface area (Å²) in [5.74, 6) is 0.0506. The lowest BCUT2D eigenvalue weighted by atomic mass is 9.96. The number of hydrogen-bond acceptors (Lipinski definition) is 3. The van der Waals surface area contributed by atoms with Gasteiger partial charge in [0.2, 0.25) is 5.91 Å². The summed E-state index contributed by atoms with van der Waals surface area (Å²) in [7, 11) is 0. The van der Waals surface area contributed by atoms with Crippen LogP contribution in [0.15, 0.2) is 18.2 Å². The third-order valence-corrected chi connectivity index (χ3v) is 3.56. The molecule has 5 N–H and O–H groups in total. The van der Waals surface area contributed by atoms with Gasteiger partial charge in [-0.1, -0.05) is 12.1 Å². The van der Waals surface area contributed by atoms with Crippen molar-refractivity contribution in [2.24, 2.45) is 11.5 Å². The van der Waals surface area contributed by atoms with Crippen LogP contribution in [0.2, 0.25) is 0 Å². The molecule has 4 nitrogen and oxygen atoms in total. The van der Waals surface area contributed by atoms with Gasteiger partial charge in [-0.25, -0.2) is 0 Å². The van der Waals surface area contributed by atoms with Crippen molar-refractivity contribution in [2.45, 2.75) is 30.8 Å². The predicted molar refractivity (Wildman–Crippen MR) is 61.9 cm³/mol. The van der Waals surface area contributed by atoms with Gasteiger partial charge in [-0.05, 0) is 30.0 Å². The lowest BCUT2D eigenvalue weighted by Crippen LogP contribution is -2.36. The van der Waals surface area contributed by atoms with Crippen LogP contribution in [-0.4, -0.2) is 11.4 Å². The molecule has 0 saturated heterocycles. The molecular formula is C12H15N3O. The Hall–Kier alpha value is -1.39. The van der Waals surface area contributed by atoms with Crippen molar-refractivity contribution in [2.75, 3.05) is 5.32 Å². The van der Waals surface area contributed by atoms with Crippen molar-refractivity contribution in [1.29, 1.82) is 0 Å². The van der Waals surface area contributed by atoms with E-state index in [-0.39, 0.29) is 17.5 Å². The highest BCUT2D eigenvalue weighted by molar-refractivity contribution is 5.99. The van der Waals surface area contributed by atoms with Crippen LogP contribution in [0, 0.1) is 0 Å². The van der Waals surface area contributed by atoms with Crippen molar-refractivity contribution in [3.63, 3.8) is 0 Å². The molecule has 1 unspecified atom stereocenters. The van der Waals surface area contributed by atoms with E-state index in [4.69, 9.17) is 11.5 Å². The molecular weight excluding hydrogens is 202 g/mol. The fourth-order valence-electron chi connectivity index (χ4n) is 2.23. The summed E-state index contributed by atoms with van der Waals surface area (Å²) in [6, 6.07) is 5.77. The number of amides is 1. The average Bonchev–Trinajstić information content (AvgIpc) is 2.89. The Balaban J connectivity index is 1.93. The Labute approximate surface area is 94.0 Å². The molecule has 1 aromatic rings. The Bertz CT molecular complexity index is 465. The zero-order valence-electron chi connectivity index (χ0n) is 8.99. The van der Waals surface area contributed by atoms with Gasteiger partial charge in [-0.2, -0.15) is 0 Å². The average molecular weight is 217 g/mol. The minimum atomic E-state index is -0.218. The van der Waals surface area contributed by atoms with Crippen LogP contribution in [-0.2, 0) is 11.2 Å². The number of nitrogens with two attached hydrogens (primary N) is 2. The summed E-state index contributed by atoms with van der Waals surface area (Å²) in [5.41, 5.74) is 15.0. The minimum absolute atomic E-state index is 0.0506. The first-order valence-electron chi connectivity index (χ1n) is 5.56. The molecule has 1 aliphatic carbocycles. The summed E-state index contributed by atoms with van der Waals surface area (Å²) in [5, 5.41) is 2.81. The smallest absolute Gasteiger partial charge is 0.228 e. The molecule has 0 aromatic heterocycles. The van der Waals surface area contributed by atoms with Crippen LogP contribution in [0.1, 0.15) is 30.0 Å². The molecule has 1 atom stereocenters. The predicted octanol–water partition coefficient (Wildman–Crippen LogP) is 0.672. The quantitative estimate of drug-likeness (QED) is 0.681. The number of nitrogens with one attached hydrogen (secondary N) is 1. The van der Waals surface area contributed by atoms with Gasteiger partial charge in [-0.3, -0.25) is 4.79 Å². The van der Waals surface area contributed by atoms with E-state index in [0.29, 0.717) is 6.42 Å². The summed E-state index contributed by atoms with van der Waals surface area (Å²) >= 11 is 0. The van der Waals surface area contributed by atoms with Crippen LogP contribution < -0.4 is 16.8 Å². The zero-order chi connectivity index (χ0) is 11.3. The largest absolute Gasteiger partial charge is 0.326 e. The van der Waals surface area contributed by atoms with E-state index in [1.54, 1.807) is 0 Å². The van der Waals surface area contributed by atoms with Crippen LogP contribution in [0.5, 0.6) is 0 Å². The monoisotopic (exact) mass is 217 g/mol. The molecule has 2 aliphatic rings. The highest BCUT2D eigenvalue weighted by Crippen LogP contribution is 2.42. The van der Waals surface area contributed by atoms with E-state index < -0.39 is 0 Å². The SMILES string of the molecule is NC(c1ccc2c(c1)CC(=O)N2)C1(N)CC1. The highest BCUT2D eigenvalue weighted by atomic mass is 16.1. The molecule has 16 heavy (non-hydrogen) atoms. The van der Waals surface area contributed by atoms with Crippen molar-refractivity contribution in [3.8, 4) is 0 Å². The summed E-state index contributed by atoms with van der Waals surface area (Å²) in [6.45, 7) is 0. The van der Waals surface area contributed by atoms with E-state index in [2.05, 4.69) is 5.32 Å². The Morgan fingerprint density at radius 3 is 2.81 bits per heavy atom. The second-order valence-corrected chi connectivity index (χ2v) is 4.85. The summed E-state index contributed by atoms with van der Waals surface area (Å²) < 4.78 is 0. The minimum Gasteiger partial charge on any atom is -0.326 e. The van der Waals surface area contributed by atoms with E-state index in [0.717, 1.165) is 29.7 Å². The van der Waals surface area contributed by atoms with Crippen LogP contribution in [0.25, 0.3) is 0 Å². The molecule has 84 valence electrons. The molecule has 1 aromatic carbocycles. The van der Waals surface area contributed by atoms with Gasteiger partial charge >= 0.3 is 0 Å². The lowest BCUT2D eigenvalue weighted by molar-refractivity contribution is -0.115. The van der Waals surface area contributed by atoms with Crippen molar-refractivity contribution < 1.29 is 4.79 Å². The Morgan fingerprint density at radius 1 is 1.38 bits per heavy atom. The molecule has 1 aliphatic heterocycles. The normalized spacial score (nSPS) is 22.5. The maximum atomic E-state index is 11.2. The number of fused-ring (bicyclic) bond motifs is 1. The first-order valence-corrected chi connectivity index (χ1v) is 5.56. The molecule has 4 heteroatoms. The third kappa shape index (κ3) is 1.42. The Kier molecular flexibility index (Phi) is 1.87. The van der Waals surface area contributed by atoms with E-state index in [9.17, 15) is 4.79 Å². The van der Waals surface area contributed by atoms with Gasteiger partial charge in [0.05, 0.1) is 6.42 Å². The highest BCUT2D eigenvalue weighted by Gasteiger charge is 2.44. The topological polar surface area (TPSA) is 81.1 Å². The molecule has 0 bridgehead atoms. The number of rotatable bonds is 2. The van der Waals surface area contributed by atoms with Gasteiger partial charge in [0.25, 0.3) is 0 Å². The van der Waals surface area contributed by atoms with Gasteiger partial charge in [0.1, 0.15) is 0 Å². The van der Waals surface area contributed by atoms with Gasteiger partial charge < -0.3 is 16.8 Å². The third-order valence-electron chi connectivity index (χ3n) is 3.56. The fraction of sp³-hybridized carbons (Fsp3) is 0.417. The number of carbonyl (C=O) groups excluding carboxylic acids is 1. The van der Waals surface area contributed by atoms with Crippen LogP contribution in [0.4, 0.5) is 5.69 Å². The van der Waals surface area contributed by atoms with Crippen molar-refractivity contribution in [3.05, 3.63) is 29.3 Å². The first-order chi connectivity index (χ1) is 7.58. The summed E-state index contributed by atoms with van der Waals surface area (Å²) in [6.07, 6.45) is 2.43. The van der Waals surface area contributed by atoms with E-state index in [1.165, 1.54) is 0 Å². The van der Waals surface area contributed by atoms with Crippen LogP contribution in [0.3, 0.4) is 0 Å².